The molecule has 0 saturated carbocycles. The molecular weight excluding hydrogens is 450 g/mol. The molecule has 10 heteroatoms. The number of hydrogen-bond acceptors (Lipinski definition) is 8. The third kappa shape index (κ3) is 5.90. The van der Waals surface area contributed by atoms with Crippen molar-refractivity contribution in [3.8, 4) is 34.0 Å². The second kappa shape index (κ2) is 10.9. The summed E-state index contributed by atoms with van der Waals surface area (Å²) in [5.41, 5.74) is 10.5. The summed E-state index contributed by atoms with van der Waals surface area (Å²) in [6.45, 7) is 7.76. The lowest BCUT2D eigenvalue weighted by Gasteiger charge is -2.18. The van der Waals surface area contributed by atoms with Crippen LogP contribution in [0.5, 0.6) is 11.5 Å². The van der Waals surface area contributed by atoms with Crippen molar-refractivity contribution in [2.75, 3.05) is 17.8 Å². The fourth-order valence-electron chi connectivity index (χ4n) is 3.60. The van der Waals surface area contributed by atoms with Crippen molar-refractivity contribution >= 4 is 17.5 Å². The van der Waals surface area contributed by atoms with Crippen molar-refractivity contribution in [1.82, 2.24) is 9.97 Å². The molecule has 186 valence electrons. The minimum Gasteiger partial charge on any atom is -0.493 e. The van der Waals surface area contributed by atoms with E-state index in [2.05, 4.69) is 15.4 Å². The Morgan fingerprint density at radius 1 is 1.14 bits per heavy atom. The van der Waals surface area contributed by atoms with Crippen molar-refractivity contribution in [2.24, 2.45) is 11.8 Å². The molecule has 2 aromatic carbocycles. The fourth-order valence-corrected chi connectivity index (χ4v) is 3.60. The van der Waals surface area contributed by atoms with Gasteiger partial charge >= 0.3 is 5.97 Å². The van der Waals surface area contributed by atoms with Crippen LogP contribution in [0.4, 0.5) is 11.5 Å². The molecule has 3 aromatic rings. The van der Waals surface area contributed by atoms with Gasteiger partial charge in [-0.15, -0.1) is 0 Å². The number of nitrogens with zero attached hydrogens (tertiary/aromatic N) is 1. The molecule has 0 spiro atoms. The summed E-state index contributed by atoms with van der Waals surface area (Å²) >= 11 is 0. The number of rotatable bonds is 10. The van der Waals surface area contributed by atoms with E-state index in [1.165, 1.54) is 0 Å². The standard InChI is InChI=1S/C25H31N5O5/c1-5-34-20-12-16(6-8-18(20)22-28-23(30-27)21(26)24(31)29-22)15-7-9-19(35-13(2)3)17(11-15)10-14(4)25(32)33/h6-9,11-14H,5,10,26-27H2,1-4H3,(H,32,33)(H2,28,29,30,31). The summed E-state index contributed by atoms with van der Waals surface area (Å²) in [6, 6.07) is 11.2. The Morgan fingerprint density at radius 3 is 2.46 bits per heavy atom. The quantitative estimate of drug-likeness (QED) is 0.215. The Kier molecular flexibility index (Phi) is 7.98. The van der Waals surface area contributed by atoms with E-state index in [1.807, 2.05) is 51.1 Å². The topological polar surface area (TPSA) is 166 Å². The molecule has 10 nitrogen and oxygen atoms in total. The third-order valence-electron chi connectivity index (χ3n) is 5.33. The Hall–Kier alpha value is -4.05. The average Bonchev–Trinajstić information content (AvgIpc) is 2.81. The van der Waals surface area contributed by atoms with Gasteiger partial charge in [-0.25, -0.2) is 10.8 Å². The van der Waals surface area contributed by atoms with Crippen LogP contribution >= 0.6 is 0 Å². The molecule has 0 aliphatic heterocycles. The molecule has 0 saturated heterocycles. The molecule has 1 aromatic heterocycles. The first-order valence-electron chi connectivity index (χ1n) is 11.3. The van der Waals surface area contributed by atoms with Gasteiger partial charge in [-0.1, -0.05) is 19.1 Å². The number of carbonyl (C=O) groups is 1. The van der Waals surface area contributed by atoms with Crippen LogP contribution < -0.4 is 32.0 Å². The van der Waals surface area contributed by atoms with Gasteiger partial charge in [0.05, 0.1) is 24.2 Å². The largest absolute Gasteiger partial charge is 0.493 e. The molecule has 0 aliphatic carbocycles. The van der Waals surface area contributed by atoms with Gasteiger partial charge in [0, 0.05) is 0 Å². The first-order valence-corrected chi connectivity index (χ1v) is 11.3. The van der Waals surface area contributed by atoms with Gasteiger partial charge in [0.2, 0.25) is 0 Å². The molecule has 35 heavy (non-hydrogen) atoms. The van der Waals surface area contributed by atoms with E-state index in [0.717, 1.165) is 16.7 Å². The molecule has 0 fully saturated rings. The van der Waals surface area contributed by atoms with E-state index in [-0.39, 0.29) is 23.4 Å². The summed E-state index contributed by atoms with van der Waals surface area (Å²) < 4.78 is 11.8. The predicted octanol–water partition coefficient (Wildman–Crippen LogP) is 3.42. The van der Waals surface area contributed by atoms with Crippen LogP contribution in [0.25, 0.3) is 22.5 Å². The Morgan fingerprint density at radius 2 is 1.83 bits per heavy atom. The number of ether oxygens (including phenoxy) is 2. The first-order chi connectivity index (χ1) is 16.6. The van der Waals surface area contributed by atoms with Crippen LogP contribution in [0.1, 0.15) is 33.3 Å². The molecule has 1 atom stereocenters. The molecule has 3 rings (SSSR count). The van der Waals surface area contributed by atoms with E-state index >= 15 is 0 Å². The van der Waals surface area contributed by atoms with Crippen molar-refractivity contribution in [3.05, 3.63) is 52.3 Å². The van der Waals surface area contributed by atoms with Gasteiger partial charge in [0.25, 0.3) is 5.56 Å². The van der Waals surface area contributed by atoms with Crippen molar-refractivity contribution in [1.29, 1.82) is 0 Å². The Labute approximate surface area is 203 Å². The monoisotopic (exact) mass is 481 g/mol. The lowest BCUT2D eigenvalue weighted by Crippen LogP contribution is -2.20. The molecule has 0 aliphatic rings. The van der Waals surface area contributed by atoms with Crippen LogP contribution in [0, 0.1) is 5.92 Å². The summed E-state index contributed by atoms with van der Waals surface area (Å²) in [5.74, 6) is 5.49. The number of nitrogens with two attached hydrogens (primary N) is 2. The van der Waals surface area contributed by atoms with Crippen LogP contribution in [-0.2, 0) is 11.2 Å². The molecular formula is C25H31N5O5. The second-order valence-corrected chi connectivity index (χ2v) is 8.40. The number of aromatic amines is 1. The van der Waals surface area contributed by atoms with E-state index in [4.69, 9.17) is 21.1 Å². The van der Waals surface area contributed by atoms with Crippen LogP contribution in [0.2, 0.25) is 0 Å². The molecule has 7 N–H and O–H groups in total. The highest BCUT2D eigenvalue weighted by atomic mass is 16.5. The Bertz CT molecular complexity index is 1270. The number of anilines is 2. The van der Waals surface area contributed by atoms with E-state index in [0.29, 0.717) is 30.1 Å². The van der Waals surface area contributed by atoms with Crippen LogP contribution in [0.15, 0.2) is 41.2 Å². The lowest BCUT2D eigenvalue weighted by atomic mass is 9.95. The van der Waals surface area contributed by atoms with Crippen LogP contribution in [-0.4, -0.2) is 33.8 Å². The highest BCUT2D eigenvalue weighted by molar-refractivity contribution is 5.76. The predicted molar refractivity (Wildman–Crippen MR) is 135 cm³/mol. The van der Waals surface area contributed by atoms with Gasteiger partial charge in [-0.3, -0.25) is 9.59 Å². The summed E-state index contributed by atoms with van der Waals surface area (Å²) in [5, 5.41) is 9.40. The zero-order valence-electron chi connectivity index (χ0n) is 20.2. The number of hydrazine groups is 1. The maximum Gasteiger partial charge on any atom is 0.306 e. The highest BCUT2D eigenvalue weighted by Gasteiger charge is 2.18. The van der Waals surface area contributed by atoms with Crippen molar-refractivity contribution in [3.63, 3.8) is 0 Å². The number of carboxylic acids is 1. The number of aliphatic carboxylic acids is 1. The molecule has 1 unspecified atom stereocenters. The fraction of sp³-hybridized carbons (Fsp3) is 0.320. The number of hydrogen-bond donors (Lipinski definition) is 5. The number of H-pyrrole nitrogens is 1. The number of carboxylic acid groups (broad SMARTS) is 1. The zero-order chi connectivity index (χ0) is 25.7. The summed E-state index contributed by atoms with van der Waals surface area (Å²) in [4.78, 5) is 30.6. The minimum absolute atomic E-state index is 0.0500. The minimum atomic E-state index is -0.870. The van der Waals surface area contributed by atoms with Crippen molar-refractivity contribution < 1.29 is 19.4 Å². The smallest absolute Gasteiger partial charge is 0.306 e. The summed E-state index contributed by atoms with van der Waals surface area (Å²) in [7, 11) is 0. The second-order valence-electron chi connectivity index (χ2n) is 8.40. The Balaban J connectivity index is 2.09. The zero-order valence-corrected chi connectivity index (χ0v) is 20.2. The number of nitrogens with one attached hydrogen (secondary N) is 2. The lowest BCUT2D eigenvalue weighted by molar-refractivity contribution is -0.141. The van der Waals surface area contributed by atoms with Gasteiger partial charge in [-0.2, -0.15) is 0 Å². The van der Waals surface area contributed by atoms with E-state index in [9.17, 15) is 14.7 Å². The normalized spacial score (nSPS) is 11.8. The molecule has 0 bridgehead atoms. The van der Waals surface area contributed by atoms with Gasteiger partial charge in [0.1, 0.15) is 23.0 Å². The third-order valence-corrected chi connectivity index (χ3v) is 5.33. The van der Waals surface area contributed by atoms with Gasteiger partial charge < -0.3 is 30.7 Å². The van der Waals surface area contributed by atoms with Crippen LogP contribution in [0.3, 0.4) is 0 Å². The maximum absolute atomic E-state index is 12.2. The average molecular weight is 482 g/mol. The molecule has 0 radical (unpaired) electrons. The molecule has 0 amide bonds. The SMILES string of the molecule is CCOc1cc(-c2ccc(OC(C)C)c(CC(C)C(=O)O)c2)ccc1-c1nc(NN)c(N)c(=O)[nH]1. The van der Waals surface area contributed by atoms with Crippen molar-refractivity contribution in [2.45, 2.75) is 40.2 Å². The number of aromatic nitrogens is 2. The summed E-state index contributed by atoms with van der Waals surface area (Å²) in [6.07, 6.45) is 0.277. The maximum atomic E-state index is 12.2. The van der Waals surface area contributed by atoms with E-state index in [1.54, 1.807) is 13.0 Å². The first kappa shape index (κ1) is 25.6. The van der Waals surface area contributed by atoms with E-state index < -0.39 is 17.4 Å². The van der Waals surface area contributed by atoms with Gasteiger partial charge in [0.15, 0.2) is 5.82 Å². The van der Waals surface area contributed by atoms with Gasteiger partial charge in [-0.05, 0) is 68.1 Å². The molecule has 1 heterocycles. The number of nitrogen functional groups attached to an aromatic ring is 2. The number of benzene rings is 2. The highest BCUT2D eigenvalue weighted by Crippen LogP contribution is 2.35.